The fourth-order valence-corrected chi connectivity index (χ4v) is 2.84. The zero-order valence-electron chi connectivity index (χ0n) is 10.4. The number of aliphatic hydroxyl groups excluding tert-OH is 1. The minimum atomic E-state index is -0.897. The van der Waals surface area contributed by atoms with E-state index in [0.29, 0.717) is 17.5 Å². The lowest BCUT2D eigenvalue weighted by Crippen LogP contribution is -2.02. The number of carbonyl (C=O) groups is 1. The van der Waals surface area contributed by atoms with Crippen LogP contribution < -0.4 is 0 Å². The summed E-state index contributed by atoms with van der Waals surface area (Å²) in [4.78, 5) is 10.7. The molecule has 0 saturated heterocycles. The van der Waals surface area contributed by atoms with Crippen LogP contribution in [-0.2, 0) is 11.3 Å². The molecule has 8 heteroatoms. The molecule has 0 amide bonds. The molecule has 7 nitrogen and oxygen atoms in total. The Hall–Kier alpha value is -2.06. The van der Waals surface area contributed by atoms with Crippen molar-refractivity contribution in [2.24, 2.45) is 0 Å². The smallest absolute Gasteiger partial charge is 0.313 e. The van der Waals surface area contributed by atoms with E-state index in [-0.39, 0.29) is 12.4 Å². The summed E-state index contributed by atoms with van der Waals surface area (Å²) in [5, 5.41) is 26.6. The van der Waals surface area contributed by atoms with E-state index in [1.807, 2.05) is 33.2 Å². The van der Waals surface area contributed by atoms with Gasteiger partial charge in [0, 0.05) is 6.54 Å². The van der Waals surface area contributed by atoms with Crippen molar-refractivity contribution in [3.05, 3.63) is 24.3 Å². The van der Waals surface area contributed by atoms with Crippen LogP contribution in [0.2, 0.25) is 0 Å². The maximum absolute atomic E-state index is 10.7. The Morgan fingerprint density at radius 3 is 2.70 bits per heavy atom. The van der Waals surface area contributed by atoms with Gasteiger partial charge in [-0.1, -0.05) is 23.9 Å². The number of para-hydroxylation sites is 2. The van der Waals surface area contributed by atoms with Crippen LogP contribution in [0.15, 0.2) is 29.4 Å². The van der Waals surface area contributed by atoms with Gasteiger partial charge in [-0.05, 0) is 12.1 Å². The molecule has 0 aliphatic rings. The van der Waals surface area contributed by atoms with E-state index in [9.17, 15) is 9.90 Å². The van der Waals surface area contributed by atoms with Crippen molar-refractivity contribution >= 4 is 34.5 Å². The molecular weight excluding hydrogens is 280 g/mol. The first-order valence-corrected chi connectivity index (χ1v) is 6.98. The minimum absolute atomic E-state index is 0.00119. The molecular formula is C12H12N4O3S. The number of aromatic nitrogens is 4. The van der Waals surface area contributed by atoms with E-state index in [0.717, 1.165) is 22.8 Å². The Kier molecular flexibility index (Phi) is 3.33. The lowest BCUT2D eigenvalue weighted by Gasteiger charge is -2.00. The third-order valence-corrected chi connectivity index (χ3v) is 3.83. The van der Waals surface area contributed by atoms with E-state index >= 15 is 0 Å². The maximum atomic E-state index is 10.7. The van der Waals surface area contributed by atoms with Gasteiger partial charge in [-0.3, -0.25) is 9.20 Å². The molecule has 20 heavy (non-hydrogen) atoms. The van der Waals surface area contributed by atoms with Crippen LogP contribution in [0.1, 0.15) is 0 Å². The zero-order chi connectivity index (χ0) is 14.1. The van der Waals surface area contributed by atoms with E-state index in [1.165, 1.54) is 0 Å². The van der Waals surface area contributed by atoms with Crippen molar-refractivity contribution in [2.45, 2.75) is 11.7 Å². The van der Waals surface area contributed by atoms with Gasteiger partial charge in [-0.25, -0.2) is 0 Å². The van der Waals surface area contributed by atoms with Gasteiger partial charge in [0.15, 0.2) is 5.16 Å². The highest BCUT2D eigenvalue weighted by atomic mass is 32.2. The van der Waals surface area contributed by atoms with Crippen molar-refractivity contribution in [2.75, 3.05) is 12.4 Å². The lowest BCUT2D eigenvalue weighted by molar-refractivity contribution is -0.133. The molecule has 0 saturated carbocycles. The van der Waals surface area contributed by atoms with Crippen LogP contribution in [0.3, 0.4) is 0 Å². The average Bonchev–Trinajstić information content (AvgIpc) is 2.97. The summed E-state index contributed by atoms with van der Waals surface area (Å²) in [6, 6.07) is 7.67. The first-order chi connectivity index (χ1) is 9.72. The summed E-state index contributed by atoms with van der Waals surface area (Å²) in [5.41, 5.74) is 1.83. The number of fused-ring (bicyclic) bond motifs is 3. The fourth-order valence-electron chi connectivity index (χ4n) is 2.18. The number of imidazole rings is 1. The van der Waals surface area contributed by atoms with Crippen molar-refractivity contribution in [3.63, 3.8) is 0 Å². The minimum Gasteiger partial charge on any atom is -0.481 e. The molecule has 0 unspecified atom stereocenters. The molecule has 0 bridgehead atoms. The Bertz CT molecular complexity index is 780. The van der Waals surface area contributed by atoms with Crippen molar-refractivity contribution in [1.29, 1.82) is 0 Å². The lowest BCUT2D eigenvalue weighted by atomic mass is 10.3. The summed E-state index contributed by atoms with van der Waals surface area (Å²) in [7, 11) is 0. The summed E-state index contributed by atoms with van der Waals surface area (Å²) in [5.74, 6) is -0.362. The Labute approximate surface area is 117 Å². The number of rotatable bonds is 5. The van der Waals surface area contributed by atoms with E-state index in [2.05, 4.69) is 10.2 Å². The highest BCUT2D eigenvalue weighted by molar-refractivity contribution is 7.99. The van der Waals surface area contributed by atoms with Crippen molar-refractivity contribution < 1.29 is 15.0 Å². The number of aliphatic hydroxyl groups is 1. The van der Waals surface area contributed by atoms with Crippen molar-refractivity contribution in [3.8, 4) is 0 Å². The molecule has 0 aliphatic heterocycles. The van der Waals surface area contributed by atoms with Gasteiger partial charge in [0.25, 0.3) is 0 Å². The topological polar surface area (TPSA) is 92.6 Å². The van der Waals surface area contributed by atoms with E-state index < -0.39 is 5.97 Å². The van der Waals surface area contributed by atoms with Gasteiger partial charge in [0.2, 0.25) is 5.78 Å². The molecule has 2 aromatic heterocycles. The molecule has 0 fully saturated rings. The summed E-state index contributed by atoms with van der Waals surface area (Å²) < 4.78 is 3.69. The average molecular weight is 292 g/mol. The second-order valence-corrected chi connectivity index (χ2v) is 5.11. The standard InChI is InChI=1S/C12H12N4O3S/c17-6-5-15-8-3-1-2-4-9(8)16-11(15)13-14-12(16)20-7-10(18)19/h1-4,17H,5-7H2,(H,18,19). The number of carboxylic acids is 1. The maximum Gasteiger partial charge on any atom is 0.313 e. The summed E-state index contributed by atoms with van der Waals surface area (Å²) in [6.45, 7) is 0.414. The predicted octanol–water partition coefficient (Wildman–Crippen LogP) is 0.853. The largest absolute Gasteiger partial charge is 0.481 e. The molecule has 2 N–H and O–H groups in total. The second kappa shape index (κ2) is 5.14. The number of benzene rings is 1. The Morgan fingerprint density at radius 2 is 2.00 bits per heavy atom. The van der Waals surface area contributed by atoms with E-state index in [1.54, 1.807) is 0 Å². The monoisotopic (exact) mass is 292 g/mol. The van der Waals surface area contributed by atoms with E-state index in [4.69, 9.17) is 5.11 Å². The third kappa shape index (κ3) is 2.02. The molecule has 0 radical (unpaired) electrons. The number of nitrogens with zero attached hydrogens (tertiary/aromatic N) is 4. The number of carboxylic acid groups (broad SMARTS) is 1. The van der Waals surface area contributed by atoms with Gasteiger partial charge >= 0.3 is 5.97 Å². The number of aliphatic carboxylic acids is 1. The molecule has 3 aromatic rings. The van der Waals surface area contributed by atoms with Crippen LogP contribution in [0.25, 0.3) is 16.8 Å². The van der Waals surface area contributed by atoms with Gasteiger partial charge in [-0.15, -0.1) is 10.2 Å². The molecule has 0 aliphatic carbocycles. The van der Waals surface area contributed by atoms with Crippen LogP contribution in [0.4, 0.5) is 0 Å². The van der Waals surface area contributed by atoms with Crippen LogP contribution >= 0.6 is 11.8 Å². The van der Waals surface area contributed by atoms with Crippen molar-refractivity contribution in [1.82, 2.24) is 19.2 Å². The zero-order valence-corrected chi connectivity index (χ0v) is 11.2. The first kappa shape index (κ1) is 12.9. The van der Waals surface area contributed by atoms with Gasteiger partial charge in [0.05, 0.1) is 23.4 Å². The summed E-state index contributed by atoms with van der Waals surface area (Å²) in [6.07, 6.45) is 0. The third-order valence-electron chi connectivity index (χ3n) is 2.92. The highest BCUT2D eigenvalue weighted by Gasteiger charge is 2.17. The van der Waals surface area contributed by atoms with Crippen LogP contribution in [0, 0.1) is 0 Å². The summed E-state index contributed by atoms with van der Waals surface area (Å²) >= 11 is 1.12. The predicted molar refractivity (Wildman–Crippen MR) is 73.9 cm³/mol. The molecule has 104 valence electrons. The first-order valence-electron chi connectivity index (χ1n) is 6.00. The molecule has 0 atom stereocenters. The number of hydrogen-bond acceptors (Lipinski definition) is 5. The normalized spacial score (nSPS) is 11.4. The molecule has 0 spiro atoms. The fraction of sp³-hybridized carbons (Fsp3) is 0.250. The second-order valence-electron chi connectivity index (χ2n) is 4.16. The molecule has 2 heterocycles. The molecule has 1 aromatic carbocycles. The Morgan fingerprint density at radius 1 is 1.25 bits per heavy atom. The SMILES string of the molecule is O=C(O)CSc1nnc2n(CCO)c3ccccc3n12. The number of hydrogen-bond donors (Lipinski definition) is 2. The van der Waals surface area contributed by atoms with Crippen LogP contribution in [0.5, 0.6) is 0 Å². The number of thioether (sulfide) groups is 1. The van der Waals surface area contributed by atoms with Gasteiger partial charge in [-0.2, -0.15) is 0 Å². The Balaban J connectivity index is 2.20. The van der Waals surface area contributed by atoms with Gasteiger partial charge < -0.3 is 14.8 Å². The quantitative estimate of drug-likeness (QED) is 0.677. The molecule has 3 rings (SSSR count). The highest BCUT2D eigenvalue weighted by Crippen LogP contribution is 2.25. The van der Waals surface area contributed by atoms with Gasteiger partial charge in [0.1, 0.15) is 0 Å². The van der Waals surface area contributed by atoms with Crippen LogP contribution in [-0.4, -0.2) is 47.7 Å².